The van der Waals surface area contributed by atoms with Gasteiger partial charge < -0.3 is 15.4 Å². The van der Waals surface area contributed by atoms with Gasteiger partial charge in [0.2, 0.25) is 5.91 Å². The van der Waals surface area contributed by atoms with E-state index in [2.05, 4.69) is 13.8 Å². The van der Waals surface area contributed by atoms with Gasteiger partial charge in [0.25, 0.3) is 0 Å². The van der Waals surface area contributed by atoms with Crippen molar-refractivity contribution in [2.45, 2.75) is 51.7 Å². The van der Waals surface area contributed by atoms with Crippen LogP contribution in [0, 0.1) is 11.8 Å². The molecule has 4 nitrogen and oxygen atoms in total. The predicted molar refractivity (Wildman–Crippen MR) is 71.1 cm³/mol. The maximum atomic E-state index is 12.6. The average molecular weight is 254 g/mol. The summed E-state index contributed by atoms with van der Waals surface area (Å²) >= 11 is 0. The van der Waals surface area contributed by atoms with E-state index in [1.807, 2.05) is 4.90 Å². The van der Waals surface area contributed by atoms with Crippen molar-refractivity contribution in [2.24, 2.45) is 17.6 Å². The molecule has 104 valence electrons. The largest absolute Gasteiger partial charge is 0.375 e. The van der Waals surface area contributed by atoms with Crippen LogP contribution in [0.3, 0.4) is 0 Å². The Kier molecular flexibility index (Phi) is 4.62. The normalized spacial score (nSPS) is 37.6. The number of nitrogens with zero attached hydrogens (tertiary/aromatic N) is 1. The molecule has 0 radical (unpaired) electrons. The van der Waals surface area contributed by atoms with Gasteiger partial charge in [0.15, 0.2) is 0 Å². The second-order valence-electron chi connectivity index (χ2n) is 5.87. The van der Waals surface area contributed by atoms with Crippen molar-refractivity contribution in [1.82, 2.24) is 4.90 Å². The summed E-state index contributed by atoms with van der Waals surface area (Å²) in [7, 11) is 0. The predicted octanol–water partition coefficient (Wildman–Crippen LogP) is 1.39. The van der Waals surface area contributed by atoms with E-state index in [1.165, 1.54) is 0 Å². The lowest BCUT2D eigenvalue weighted by molar-refractivity contribution is -0.145. The van der Waals surface area contributed by atoms with Crippen LogP contribution in [0.4, 0.5) is 0 Å². The Hall–Kier alpha value is -0.610. The van der Waals surface area contributed by atoms with Gasteiger partial charge in [-0.3, -0.25) is 4.79 Å². The highest BCUT2D eigenvalue weighted by atomic mass is 16.5. The first-order valence-corrected chi connectivity index (χ1v) is 7.27. The SMILES string of the molecule is CCC1CN(C(=O)C2CC(C)CCC2N)CCO1. The fraction of sp³-hybridized carbons (Fsp3) is 0.929. The molecule has 1 saturated carbocycles. The molecule has 0 aromatic carbocycles. The van der Waals surface area contributed by atoms with Gasteiger partial charge in [0.05, 0.1) is 18.6 Å². The molecule has 1 aliphatic carbocycles. The van der Waals surface area contributed by atoms with Crippen molar-refractivity contribution in [2.75, 3.05) is 19.7 Å². The summed E-state index contributed by atoms with van der Waals surface area (Å²) in [6, 6.07) is 0.0524. The zero-order chi connectivity index (χ0) is 13.1. The van der Waals surface area contributed by atoms with E-state index in [0.29, 0.717) is 12.5 Å². The first-order chi connectivity index (χ1) is 8.61. The molecule has 1 saturated heterocycles. The summed E-state index contributed by atoms with van der Waals surface area (Å²) < 4.78 is 5.62. The van der Waals surface area contributed by atoms with Crippen molar-refractivity contribution in [3.63, 3.8) is 0 Å². The van der Waals surface area contributed by atoms with Gasteiger partial charge in [-0.15, -0.1) is 0 Å². The number of ether oxygens (including phenoxy) is 1. The third-order valence-corrected chi connectivity index (χ3v) is 4.39. The van der Waals surface area contributed by atoms with Gasteiger partial charge in [-0.2, -0.15) is 0 Å². The zero-order valence-electron chi connectivity index (χ0n) is 11.6. The van der Waals surface area contributed by atoms with E-state index in [9.17, 15) is 4.79 Å². The number of amides is 1. The molecule has 4 unspecified atom stereocenters. The highest BCUT2D eigenvalue weighted by Crippen LogP contribution is 2.29. The molecule has 0 spiro atoms. The second kappa shape index (κ2) is 6.02. The first-order valence-electron chi connectivity index (χ1n) is 7.27. The quantitative estimate of drug-likeness (QED) is 0.810. The van der Waals surface area contributed by atoms with Gasteiger partial charge in [0.1, 0.15) is 0 Å². The molecule has 0 bridgehead atoms. The van der Waals surface area contributed by atoms with Crippen LogP contribution in [0.2, 0.25) is 0 Å². The smallest absolute Gasteiger partial charge is 0.227 e. The lowest BCUT2D eigenvalue weighted by Crippen LogP contribution is -2.52. The van der Waals surface area contributed by atoms with Crippen LogP contribution in [0.1, 0.15) is 39.5 Å². The Bertz CT molecular complexity index is 296. The van der Waals surface area contributed by atoms with Gasteiger partial charge in [-0.1, -0.05) is 13.8 Å². The van der Waals surface area contributed by atoms with E-state index in [4.69, 9.17) is 10.5 Å². The molecule has 4 heteroatoms. The van der Waals surface area contributed by atoms with Crippen molar-refractivity contribution in [1.29, 1.82) is 0 Å². The Labute approximate surface area is 110 Å². The fourth-order valence-electron chi connectivity index (χ4n) is 3.09. The average Bonchev–Trinajstić information content (AvgIpc) is 2.41. The number of hydrogen-bond acceptors (Lipinski definition) is 3. The van der Waals surface area contributed by atoms with E-state index < -0.39 is 0 Å². The number of carbonyl (C=O) groups is 1. The molecule has 2 rings (SSSR count). The highest BCUT2D eigenvalue weighted by Gasteiger charge is 2.35. The maximum Gasteiger partial charge on any atom is 0.227 e. The van der Waals surface area contributed by atoms with Crippen LogP contribution < -0.4 is 5.73 Å². The molecule has 2 aliphatic rings. The minimum absolute atomic E-state index is 0.0318. The van der Waals surface area contributed by atoms with Crippen LogP contribution in [0.15, 0.2) is 0 Å². The fourth-order valence-corrected chi connectivity index (χ4v) is 3.09. The van der Waals surface area contributed by atoms with Crippen molar-refractivity contribution in [3.8, 4) is 0 Å². The molecule has 2 fully saturated rings. The standard InChI is InChI=1S/C14H26N2O2/c1-3-11-9-16(6-7-18-11)14(17)12-8-10(2)4-5-13(12)15/h10-13H,3-9,15H2,1-2H3. The molecule has 2 N–H and O–H groups in total. The lowest BCUT2D eigenvalue weighted by Gasteiger charge is -2.38. The number of hydrogen-bond donors (Lipinski definition) is 1. The van der Waals surface area contributed by atoms with Crippen LogP contribution in [-0.2, 0) is 9.53 Å². The minimum Gasteiger partial charge on any atom is -0.375 e. The monoisotopic (exact) mass is 254 g/mol. The topological polar surface area (TPSA) is 55.6 Å². The minimum atomic E-state index is 0.0318. The third-order valence-electron chi connectivity index (χ3n) is 4.39. The number of nitrogens with two attached hydrogens (primary N) is 1. The number of carbonyl (C=O) groups excluding carboxylic acids is 1. The van der Waals surface area contributed by atoms with Crippen LogP contribution in [-0.4, -0.2) is 42.6 Å². The van der Waals surface area contributed by atoms with Gasteiger partial charge in [0, 0.05) is 19.1 Å². The van der Waals surface area contributed by atoms with Crippen LogP contribution in [0.5, 0.6) is 0 Å². The third kappa shape index (κ3) is 3.04. The summed E-state index contributed by atoms with van der Waals surface area (Å²) in [6.45, 7) is 6.47. The summed E-state index contributed by atoms with van der Waals surface area (Å²) in [5.74, 6) is 0.918. The molecular formula is C14H26N2O2. The van der Waals surface area contributed by atoms with Crippen LogP contribution in [0.25, 0.3) is 0 Å². The molecule has 18 heavy (non-hydrogen) atoms. The number of rotatable bonds is 2. The highest BCUT2D eigenvalue weighted by molar-refractivity contribution is 5.79. The van der Waals surface area contributed by atoms with E-state index >= 15 is 0 Å². The van der Waals surface area contributed by atoms with E-state index in [1.54, 1.807) is 0 Å². The molecule has 0 aromatic rings. The molecular weight excluding hydrogens is 228 g/mol. The Balaban J connectivity index is 1.96. The first kappa shape index (κ1) is 13.8. The molecule has 1 aliphatic heterocycles. The molecule has 0 aromatic heterocycles. The Morgan fingerprint density at radius 1 is 1.44 bits per heavy atom. The molecule has 1 heterocycles. The van der Waals surface area contributed by atoms with E-state index in [-0.39, 0.29) is 24.0 Å². The van der Waals surface area contributed by atoms with Gasteiger partial charge >= 0.3 is 0 Å². The Morgan fingerprint density at radius 2 is 2.22 bits per heavy atom. The second-order valence-corrected chi connectivity index (χ2v) is 5.87. The van der Waals surface area contributed by atoms with E-state index in [0.717, 1.165) is 38.8 Å². The van der Waals surface area contributed by atoms with Gasteiger partial charge in [-0.25, -0.2) is 0 Å². The number of morpholine rings is 1. The summed E-state index contributed by atoms with van der Waals surface area (Å²) in [6.07, 6.45) is 4.27. The van der Waals surface area contributed by atoms with Crippen molar-refractivity contribution >= 4 is 5.91 Å². The van der Waals surface area contributed by atoms with Gasteiger partial charge in [-0.05, 0) is 31.6 Å². The van der Waals surface area contributed by atoms with Crippen molar-refractivity contribution < 1.29 is 9.53 Å². The summed E-state index contributed by atoms with van der Waals surface area (Å²) in [5.41, 5.74) is 6.14. The molecule has 4 atom stereocenters. The van der Waals surface area contributed by atoms with Crippen molar-refractivity contribution in [3.05, 3.63) is 0 Å². The zero-order valence-corrected chi connectivity index (χ0v) is 11.6. The Morgan fingerprint density at radius 3 is 2.94 bits per heavy atom. The molecule has 1 amide bonds. The van der Waals surface area contributed by atoms with Crippen LogP contribution >= 0.6 is 0 Å². The lowest BCUT2D eigenvalue weighted by atomic mass is 9.78. The summed E-state index contributed by atoms with van der Waals surface area (Å²) in [5, 5.41) is 0. The summed E-state index contributed by atoms with van der Waals surface area (Å²) in [4.78, 5) is 14.5. The maximum absolute atomic E-state index is 12.6.